The van der Waals surface area contributed by atoms with Gasteiger partial charge in [-0.15, -0.1) is 0 Å². The van der Waals surface area contributed by atoms with Crippen molar-refractivity contribution in [2.24, 2.45) is 5.92 Å². The van der Waals surface area contributed by atoms with E-state index in [4.69, 9.17) is 5.11 Å². The Balaban J connectivity index is 2.98. The lowest BCUT2D eigenvalue weighted by Crippen LogP contribution is -2.39. The van der Waals surface area contributed by atoms with Crippen molar-refractivity contribution in [3.8, 4) is 0 Å². The molecule has 1 amide bonds. The Kier molecular flexibility index (Phi) is 5.48. The Labute approximate surface area is 124 Å². The summed E-state index contributed by atoms with van der Waals surface area (Å²) in [5.74, 6) is -2.58. The minimum absolute atomic E-state index is 0.164. The van der Waals surface area contributed by atoms with Gasteiger partial charge < -0.3 is 10.4 Å². The van der Waals surface area contributed by atoms with Crippen molar-refractivity contribution in [2.45, 2.75) is 31.7 Å². The predicted octanol–water partition coefficient (Wildman–Crippen LogP) is 1.32. The summed E-state index contributed by atoms with van der Waals surface area (Å²) in [5, 5.41) is 11.6. The van der Waals surface area contributed by atoms with Gasteiger partial charge in [-0.1, -0.05) is 26.0 Å². The van der Waals surface area contributed by atoms with Crippen LogP contribution in [0.4, 0.5) is 0 Å². The van der Waals surface area contributed by atoms with Gasteiger partial charge in [0, 0.05) is 6.04 Å². The van der Waals surface area contributed by atoms with Crippen LogP contribution in [-0.4, -0.2) is 37.2 Å². The van der Waals surface area contributed by atoms with E-state index >= 15 is 0 Å². The number of carbonyl (C=O) groups excluding carboxylic acids is 1. The number of hydrogen-bond acceptors (Lipinski definition) is 4. The summed E-state index contributed by atoms with van der Waals surface area (Å²) < 4.78 is 24.4. The highest BCUT2D eigenvalue weighted by Crippen LogP contribution is 2.17. The first kappa shape index (κ1) is 17.2. The van der Waals surface area contributed by atoms with Gasteiger partial charge in [0.2, 0.25) is 5.91 Å². The number of benzene rings is 1. The molecule has 1 atom stereocenters. The van der Waals surface area contributed by atoms with E-state index in [1.807, 2.05) is 13.8 Å². The quantitative estimate of drug-likeness (QED) is 0.825. The molecule has 0 aliphatic heterocycles. The van der Waals surface area contributed by atoms with E-state index in [-0.39, 0.29) is 22.4 Å². The molecule has 0 saturated carbocycles. The van der Waals surface area contributed by atoms with E-state index in [0.29, 0.717) is 0 Å². The third kappa shape index (κ3) is 4.56. The van der Waals surface area contributed by atoms with Crippen molar-refractivity contribution in [1.82, 2.24) is 5.32 Å². The van der Waals surface area contributed by atoms with Gasteiger partial charge in [-0.25, -0.2) is 13.2 Å². The normalized spacial score (nSPS) is 13.0. The second-order valence-electron chi connectivity index (χ2n) is 5.16. The molecule has 1 unspecified atom stereocenters. The van der Waals surface area contributed by atoms with E-state index in [0.717, 1.165) is 0 Å². The molecule has 116 valence electrons. The fraction of sp³-hybridized carbons (Fsp3) is 0.429. The van der Waals surface area contributed by atoms with Crippen LogP contribution in [0.5, 0.6) is 0 Å². The topological polar surface area (TPSA) is 101 Å². The van der Waals surface area contributed by atoms with Crippen LogP contribution < -0.4 is 5.32 Å². The first-order valence-electron chi connectivity index (χ1n) is 6.49. The fourth-order valence-electron chi connectivity index (χ4n) is 1.63. The molecule has 0 heterocycles. The van der Waals surface area contributed by atoms with Gasteiger partial charge in [0.25, 0.3) is 0 Å². The highest BCUT2D eigenvalue weighted by atomic mass is 32.2. The Morgan fingerprint density at radius 3 is 2.29 bits per heavy atom. The van der Waals surface area contributed by atoms with E-state index in [2.05, 4.69) is 5.32 Å². The predicted molar refractivity (Wildman–Crippen MR) is 77.9 cm³/mol. The molecule has 6 nitrogen and oxygen atoms in total. The lowest BCUT2D eigenvalue weighted by atomic mass is 10.1. The lowest BCUT2D eigenvalue weighted by Gasteiger charge is -2.17. The van der Waals surface area contributed by atoms with Gasteiger partial charge in [0.05, 0.1) is 10.5 Å². The van der Waals surface area contributed by atoms with Gasteiger partial charge in [0.1, 0.15) is 5.75 Å². The molecule has 1 aromatic carbocycles. The average Bonchev–Trinajstić information content (AvgIpc) is 2.37. The summed E-state index contributed by atoms with van der Waals surface area (Å²) in [7, 11) is -4.00. The van der Waals surface area contributed by atoms with Crippen LogP contribution in [0.3, 0.4) is 0 Å². The molecule has 0 aromatic heterocycles. The third-order valence-electron chi connectivity index (χ3n) is 3.16. The van der Waals surface area contributed by atoms with Gasteiger partial charge in [-0.2, -0.15) is 0 Å². The highest BCUT2D eigenvalue weighted by Gasteiger charge is 2.25. The number of sulfone groups is 1. The van der Waals surface area contributed by atoms with Crippen LogP contribution in [0.15, 0.2) is 29.2 Å². The molecule has 0 radical (unpaired) electrons. The van der Waals surface area contributed by atoms with E-state index in [1.54, 1.807) is 6.92 Å². The maximum Gasteiger partial charge on any atom is 0.337 e. The number of rotatable bonds is 6. The van der Waals surface area contributed by atoms with Crippen molar-refractivity contribution >= 4 is 21.7 Å². The second-order valence-corrected chi connectivity index (χ2v) is 7.12. The number of hydrogen-bond donors (Lipinski definition) is 2. The molecule has 0 bridgehead atoms. The van der Waals surface area contributed by atoms with Crippen LogP contribution in [0.2, 0.25) is 0 Å². The van der Waals surface area contributed by atoms with E-state index < -0.39 is 27.5 Å². The van der Waals surface area contributed by atoms with Crippen molar-refractivity contribution in [1.29, 1.82) is 0 Å². The van der Waals surface area contributed by atoms with Crippen LogP contribution in [0, 0.1) is 5.92 Å². The molecule has 0 spiro atoms. The minimum atomic E-state index is -4.00. The zero-order valence-corrected chi connectivity index (χ0v) is 13.0. The molecule has 7 heteroatoms. The number of nitrogens with one attached hydrogen (secondary N) is 1. The Hall–Kier alpha value is -1.89. The summed E-state index contributed by atoms with van der Waals surface area (Å²) in [6.07, 6.45) is 0. The van der Waals surface area contributed by atoms with Gasteiger partial charge >= 0.3 is 5.97 Å². The molecule has 0 saturated heterocycles. The number of amides is 1. The first-order valence-corrected chi connectivity index (χ1v) is 8.15. The molecule has 0 aliphatic rings. The van der Waals surface area contributed by atoms with Crippen molar-refractivity contribution in [2.75, 3.05) is 5.75 Å². The molecule has 1 rings (SSSR count). The summed E-state index contributed by atoms with van der Waals surface area (Å²) in [6.45, 7) is 5.58. The Morgan fingerprint density at radius 2 is 1.76 bits per heavy atom. The maximum absolute atomic E-state index is 12.2. The molecular weight excluding hydrogens is 294 g/mol. The molecular formula is C14H19NO5S. The van der Waals surface area contributed by atoms with Crippen molar-refractivity contribution in [3.05, 3.63) is 29.8 Å². The molecule has 2 N–H and O–H groups in total. The Morgan fingerprint density at radius 1 is 1.19 bits per heavy atom. The maximum atomic E-state index is 12.2. The molecule has 21 heavy (non-hydrogen) atoms. The fourth-order valence-corrected chi connectivity index (χ4v) is 2.99. The van der Waals surface area contributed by atoms with E-state index in [1.165, 1.54) is 24.3 Å². The van der Waals surface area contributed by atoms with Crippen molar-refractivity contribution < 1.29 is 23.1 Å². The summed E-state index contributed by atoms with van der Waals surface area (Å²) in [6, 6.07) is 5.08. The smallest absolute Gasteiger partial charge is 0.337 e. The average molecular weight is 313 g/mol. The van der Waals surface area contributed by atoms with Crippen LogP contribution >= 0.6 is 0 Å². The van der Waals surface area contributed by atoms with Gasteiger partial charge in [-0.3, -0.25) is 4.79 Å². The minimum Gasteiger partial charge on any atom is -0.478 e. The number of carbonyl (C=O) groups is 2. The van der Waals surface area contributed by atoms with Crippen LogP contribution in [0.25, 0.3) is 0 Å². The zero-order valence-electron chi connectivity index (χ0n) is 12.2. The number of carboxylic acid groups (broad SMARTS) is 1. The highest BCUT2D eigenvalue weighted by molar-refractivity contribution is 7.92. The van der Waals surface area contributed by atoms with Gasteiger partial charge in [0.15, 0.2) is 9.84 Å². The SMILES string of the molecule is CC(C)C(C)NC(=O)CS(=O)(=O)c1ccccc1C(=O)O. The lowest BCUT2D eigenvalue weighted by molar-refractivity contribution is -0.119. The third-order valence-corrected chi connectivity index (χ3v) is 4.83. The molecule has 0 fully saturated rings. The first-order chi connectivity index (χ1) is 9.65. The standard InChI is InChI=1S/C14H19NO5S/c1-9(2)10(3)15-13(16)8-21(19,20)12-7-5-4-6-11(12)14(17)18/h4-7,9-10H,8H2,1-3H3,(H,15,16)(H,17,18). The summed E-state index contributed by atoms with van der Waals surface area (Å²) in [5.41, 5.74) is -0.331. The van der Waals surface area contributed by atoms with Crippen LogP contribution in [-0.2, 0) is 14.6 Å². The summed E-state index contributed by atoms with van der Waals surface area (Å²) in [4.78, 5) is 22.5. The Bertz CT molecular complexity index is 637. The van der Waals surface area contributed by atoms with E-state index in [9.17, 15) is 18.0 Å². The zero-order chi connectivity index (χ0) is 16.2. The molecule has 0 aliphatic carbocycles. The molecule has 1 aromatic rings. The van der Waals surface area contributed by atoms with Crippen LogP contribution in [0.1, 0.15) is 31.1 Å². The van der Waals surface area contributed by atoms with Crippen molar-refractivity contribution in [3.63, 3.8) is 0 Å². The monoisotopic (exact) mass is 313 g/mol. The second kappa shape index (κ2) is 6.71. The van der Waals surface area contributed by atoms with Gasteiger partial charge in [-0.05, 0) is 25.0 Å². The largest absolute Gasteiger partial charge is 0.478 e. The summed E-state index contributed by atoms with van der Waals surface area (Å²) >= 11 is 0. The number of aromatic carboxylic acids is 1. The number of carboxylic acids is 1.